The van der Waals surface area contributed by atoms with Crippen molar-refractivity contribution in [2.75, 3.05) is 37.9 Å². The average molecular weight is 670 g/mol. The molecular weight excluding hydrogens is 637 g/mol. The van der Waals surface area contributed by atoms with Gasteiger partial charge < -0.3 is 49.0 Å². The smallest absolute Gasteiger partial charge is 0.325 e. The molecule has 18 heteroatoms. The van der Waals surface area contributed by atoms with Crippen LogP contribution in [-0.4, -0.2) is 89.1 Å². The summed E-state index contributed by atoms with van der Waals surface area (Å²) < 4.78 is 90.4. The van der Waals surface area contributed by atoms with E-state index in [4.69, 9.17) is 28.7 Å². The fourth-order valence-electron chi connectivity index (χ4n) is 3.93. The quantitative estimate of drug-likeness (QED) is 0.0439. The van der Waals surface area contributed by atoms with Crippen LogP contribution in [0.5, 0.6) is 11.5 Å². The van der Waals surface area contributed by atoms with E-state index < -0.39 is 79.8 Å². The molecule has 13 nitrogen and oxygen atoms in total. The van der Waals surface area contributed by atoms with E-state index in [0.29, 0.717) is 5.69 Å². The van der Waals surface area contributed by atoms with Crippen molar-refractivity contribution in [1.82, 2.24) is 0 Å². The van der Waals surface area contributed by atoms with Crippen LogP contribution >= 0.6 is 7.60 Å². The summed E-state index contributed by atoms with van der Waals surface area (Å²) in [5.41, 5.74) is 0.410. The molecule has 0 unspecified atom stereocenters. The van der Waals surface area contributed by atoms with Gasteiger partial charge in [0.25, 0.3) is 0 Å². The van der Waals surface area contributed by atoms with E-state index in [9.17, 15) is 41.9 Å². The Bertz CT molecular complexity index is 1320. The summed E-state index contributed by atoms with van der Waals surface area (Å²) in [6.45, 7) is -0.192. The molecule has 0 saturated carbocycles. The number of ether oxygens (including phenoxy) is 5. The maximum Gasteiger partial charge on any atom is 0.325 e. The van der Waals surface area contributed by atoms with Crippen molar-refractivity contribution in [3.05, 3.63) is 53.6 Å². The number of esters is 1. The second-order valence-electron chi connectivity index (χ2n) is 9.78. The first-order valence-corrected chi connectivity index (χ1v) is 15.3. The highest BCUT2D eigenvalue weighted by atomic mass is 31.2. The third-order valence-electron chi connectivity index (χ3n) is 6.22. The van der Waals surface area contributed by atoms with Gasteiger partial charge in [-0.05, 0) is 30.7 Å². The van der Waals surface area contributed by atoms with Gasteiger partial charge in [-0.1, -0.05) is 0 Å². The number of amides is 1. The number of aliphatic hydroxyl groups excluding tert-OH is 2. The zero-order valence-electron chi connectivity index (χ0n) is 23.6. The predicted octanol–water partition coefficient (Wildman–Crippen LogP) is 2.38. The third-order valence-corrected chi connectivity index (χ3v) is 7.06. The molecule has 3 rings (SSSR count). The lowest BCUT2D eigenvalue weighted by Gasteiger charge is -2.37. The van der Waals surface area contributed by atoms with Crippen molar-refractivity contribution < 1.29 is 75.4 Å². The molecule has 1 aliphatic heterocycles. The fraction of sp³-hybridized carbons (Fsp3) is 0.481. The number of benzene rings is 2. The van der Waals surface area contributed by atoms with E-state index in [1.165, 1.54) is 24.3 Å². The second kappa shape index (κ2) is 17.0. The Labute approximate surface area is 254 Å². The second-order valence-corrected chi connectivity index (χ2v) is 11.6. The monoisotopic (exact) mass is 669 g/mol. The molecule has 2 aromatic rings. The SMILES string of the molecule is O=C(CCOCCOCCC(=O)Oc1c(F)c(F)cc(F)c1F)Nc1ccc(O[C@H]2O[C@H](CCP(=O)(O)O)C[C@H](O)[C@@H]2O)cc1. The lowest BCUT2D eigenvalue weighted by molar-refractivity contribution is -0.235. The van der Waals surface area contributed by atoms with Crippen LogP contribution in [0.15, 0.2) is 30.3 Å². The Morgan fingerprint density at radius 3 is 2.13 bits per heavy atom. The van der Waals surface area contributed by atoms with Crippen LogP contribution in [-0.2, 0) is 28.4 Å². The molecule has 0 bridgehead atoms. The van der Waals surface area contributed by atoms with Gasteiger partial charge in [-0.25, -0.2) is 8.78 Å². The molecule has 0 aliphatic carbocycles. The Morgan fingerprint density at radius 1 is 0.933 bits per heavy atom. The van der Waals surface area contributed by atoms with E-state index >= 15 is 0 Å². The molecule has 4 atom stereocenters. The van der Waals surface area contributed by atoms with Crippen molar-refractivity contribution in [2.24, 2.45) is 0 Å². The van der Waals surface area contributed by atoms with Crippen LogP contribution in [0.3, 0.4) is 0 Å². The van der Waals surface area contributed by atoms with Crippen LogP contribution in [0, 0.1) is 23.3 Å². The molecule has 1 aliphatic rings. The van der Waals surface area contributed by atoms with Crippen LogP contribution in [0.4, 0.5) is 23.2 Å². The van der Waals surface area contributed by atoms with E-state index in [1.807, 2.05) is 0 Å². The van der Waals surface area contributed by atoms with Crippen molar-refractivity contribution >= 4 is 25.2 Å². The lowest BCUT2D eigenvalue weighted by Crippen LogP contribution is -2.51. The number of anilines is 1. The number of rotatable bonds is 16. The zero-order valence-corrected chi connectivity index (χ0v) is 24.5. The van der Waals surface area contributed by atoms with Crippen molar-refractivity contribution in [3.8, 4) is 11.5 Å². The average Bonchev–Trinajstić information content (AvgIpc) is 2.97. The number of carbonyl (C=O) groups excluding carboxylic acids is 2. The Kier molecular flexibility index (Phi) is 13.7. The van der Waals surface area contributed by atoms with Gasteiger partial charge in [-0.15, -0.1) is 0 Å². The van der Waals surface area contributed by atoms with Crippen LogP contribution in [0.1, 0.15) is 25.7 Å². The third kappa shape index (κ3) is 11.9. The minimum absolute atomic E-state index is 0.00543. The summed E-state index contributed by atoms with van der Waals surface area (Å²) in [6.07, 6.45) is -5.64. The van der Waals surface area contributed by atoms with Crippen molar-refractivity contribution in [1.29, 1.82) is 0 Å². The first-order chi connectivity index (χ1) is 21.2. The molecule has 1 fully saturated rings. The first-order valence-electron chi connectivity index (χ1n) is 13.6. The summed E-state index contributed by atoms with van der Waals surface area (Å²) in [4.78, 5) is 42.0. The summed E-state index contributed by atoms with van der Waals surface area (Å²) in [7, 11) is -4.26. The van der Waals surface area contributed by atoms with Gasteiger partial charge in [0, 0.05) is 18.2 Å². The van der Waals surface area contributed by atoms with Gasteiger partial charge in [0.15, 0.2) is 11.6 Å². The van der Waals surface area contributed by atoms with Gasteiger partial charge in [-0.2, -0.15) is 8.78 Å². The summed E-state index contributed by atoms with van der Waals surface area (Å²) in [5, 5.41) is 22.9. The van der Waals surface area contributed by atoms with E-state index in [-0.39, 0.29) is 63.4 Å². The van der Waals surface area contributed by atoms with Gasteiger partial charge in [0.05, 0.1) is 57.6 Å². The molecule has 45 heavy (non-hydrogen) atoms. The molecule has 2 aromatic carbocycles. The van der Waals surface area contributed by atoms with Crippen LogP contribution < -0.4 is 14.8 Å². The van der Waals surface area contributed by atoms with Crippen molar-refractivity contribution in [2.45, 2.75) is 50.3 Å². The van der Waals surface area contributed by atoms with Crippen molar-refractivity contribution in [3.63, 3.8) is 0 Å². The largest absolute Gasteiger partial charge is 0.462 e. The topological polar surface area (TPSA) is 190 Å². The summed E-state index contributed by atoms with van der Waals surface area (Å²) in [6, 6.07) is 5.96. The Hall–Kier alpha value is -3.15. The number of hydrogen-bond donors (Lipinski definition) is 5. The van der Waals surface area contributed by atoms with Crippen LogP contribution in [0.25, 0.3) is 0 Å². The predicted molar refractivity (Wildman–Crippen MR) is 145 cm³/mol. The normalized spacial score (nSPS) is 20.1. The van der Waals surface area contributed by atoms with Gasteiger partial charge in [-0.3, -0.25) is 14.2 Å². The van der Waals surface area contributed by atoms with Gasteiger partial charge >= 0.3 is 13.6 Å². The zero-order chi connectivity index (χ0) is 33.1. The standard InChI is InChI=1S/C27H32F4NO12P/c28-18-14-19(29)24(31)26(23(18)30)44-22(35)6-9-41-11-10-40-8-5-21(34)32-15-1-3-16(4-2-15)42-27-25(36)20(33)13-17(43-27)7-12-45(37,38)39/h1-4,14,17,20,25,27,33,36H,5-13H2,(H,32,34)(H2,37,38,39)/t17-,20+,25+,27+/m1/s1. The molecular formula is C27H32F4NO12P. The molecule has 0 radical (unpaired) electrons. The summed E-state index contributed by atoms with van der Waals surface area (Å²) >= 11 is 0. The number of aliphatic hydroxyl groups is 2. The molecule has 1 amide bonds. The highest BCUT2D eigenvalue weighted by Gasteiger charge is 2.38. The van der Waals surface area contributed by atoms with E-state index in [0.717, 1.165) is 0 Å². The molecule has 1 heterocycles. The highest BCUT2D eigenvalue weighted by molar-refractivity contribution is 7.51. The Morgan fingerprint density at radius 2 is 1.53 bits per heavy atom. The summed E-state index contributed by atoms with van der Waals surface area (Å²) in [5.74, 6) is -9.92. The first kappa shape index (κ1) is 36.3. The number of halogens is 4. The van der Waals surface area contributed by atoms with Gasteiger partial charge in [0.2, 0.25) is 29.6 Å². The fourth-order valence-corrected chi connectivity index (χ4v) is 4.56. The van der Waals surface area contributed by atoms with Gasteiger partial charge in [0.1, 0.15) is 11.9 Å². The number of nitrogens with one attached hydrogen (secondary N) is 1. The Balaban J connectivity index is 1.29. The van der Waals surface area contributed by atoms with Crippen LogP contribution in [0.2, 0.25) is 0 Å². The molecule has 0 spiro atoms. The maximum absolute atomic E-state index is 13.5. The minimum Gasteiger partial charge on any atom is -0.462 e. The lowest BCUT2D eigenvalue weighted by atomic mass is 10.0. The maximum atomic E-state index is 13.5. The molecule has 0 aromatic heterocycles. The van der Waals surface area contributed by atoms with E-state index in [1.54, 1.807) is 0 Å². The molecule has 1 saturated heterocycles. The minimum atomic E-state index is -4.26. The number of carbonyl (C=O) groups is 2. The molecule has 250 valence electrons. The molecule has 5 N–H and O–H groups in total. The van der Waals surface area contributed by atoms with E-state index in [2.05, 4.69) is 10.1 Å². The number of hydrogen-bond acceptors (Lipinski definition) is 10. The highest BCUT2D eigenvalue weighted by Crippen LogP contribution is 2.37.